The lowest BCUT2D eigenvalue weighted by Gasteiger charge is -1.93. The van der Waals surface area contributed by atoms with Gasteiger partial charge >= 0.3 is 0 Å². The van der Waals surface area contributed by atoms with E-state index in [0.717, 1.165) is 17.8 Å². The van der Waals surface area contributed by atoms with Crippen molar-refractivity contribution in [3.8, 4) is 0 Å². The predicted octanol–water partition coefficient (Wildman–Crippen LogP) is 1.72. The van der Waals surface area contributed by atoms with Crippen LogP contribution in [-0.4, -0.2) is 10.5 Å². The van der Waals surface area contributed by atoms with Gasteiger partial charge in [-0.05, 0) is 17.7 Å². The second-order valence-electron chi connectivity index (χ2n) is 2.39. The van der Waals surface area contributed by atoms with Crippen molar-refractivity contribution in [2.45, 2.75) is 27.2 Å². The maximum absolute atomic E-state index is 10.4. The molecule has 0 aromatic rings. The Hall–Kier alpha value is -0.110. The molecule has 0 aliphatic heterocycles. The van der Waals surface area contributed by atoms with E-state index in [-0.39, 0.29) is 5.12 Å². The van der Waals surface area contributed by atoms with Gasteiger partial charge in [0.05, 0.1) is 0 Å². The largest absolute Gasteiger partial charge is 0.288 e. The third-order valence-electron chi connectivity index (χ3n) is 0.736. The molecule has 0 heterocycles. The summed E-state index contributed by atoms with van der Waals surface area (Å²) in [6.45, 7) is 5.81. The van der Waals surface area contributed by atoms with Crippen LogP contribution in [0.25, 0.3) is 0 Å². The van der Waals surface area contributed by atoms with Crippen molar-refractivity contribution in [2.75, 3.05) is 0 Å². The molecule has 0 bridgehead atoms. The first-order valence-electron chi connectivity index (χ1n) is 3.07. The summed E-state index contributed by atoms with van der Waals surface area (Å²) in [5.41, 5.74) is 0. The van der Waals surface area contributed by atoms with Gasteiger partial charge in [-0.3, -0.25) is 4.79 Å². The number of rotatable bonds is 2. The molecule has 2 heteroatoms. The van der Waals surface area contributed by atoms with Crippen molar-refractivity contribution in [3.05, 3.63) is 0 Å². The van der Waals surface area contributed by atoms with Gasteiger partial charge in [0.15, 0.2) is 5.12 Å². The average molecular weight is 145 g/mol. The second kappa shape index (κ2) is 4.74. The summed E-state index contributed by atoms with van der Waals surface area (Å²) in [4.78, 5) is 10.4. The van der Waals surface area contributed by atoms with Crippen LogP contribution in [0.5, 0.6) is 0 Å². The van der Waals surface area contributed by atoms with Crippen LogP contribution in [0.3, 0.4) is 0 Å². The first kappa shape index (κ1) is 8.89. The summed E-state index contributed by atoms with van der Waals surface area (Å²) < 4.78 is 0. The molecule has 0 aliphatic rings. The molecule has 9 heavy (non-hydrogen) atoms. The SMILES string of the molecule is CC(=O)[SH]=[C]CC(C)C. The molecule has 0 rings (SSSR count). The number of hydrogen-bond donors (Lipinski definition) is 1. The summed E-state index contributed by atoms with van der Waals surface area (Å²) in [7, 11) is 0. The van der Waals surface area contributed by atoms with E-state index in [0.29, 0.717) is 5.92 Å². The van der Waals surface area contributed by atoms with Crippen LogP contribution in [0.1, 0.15) is 27.2 Å². The molecule has 0 atom stereocenters. The zero-order valence-electron chi connectivity index (χ0n) is 6.14. The molecule has 53 valence electrons. The van der Waals surface area contributed by atoms with E-state index < -0.39 is 0 Å². The van der Waals surface area contributed by atoms with E-state index >= 15 is 0 Å². The highest BCUT2D eigenvalue weighted by Gasteiger charge is 1.87. The van der Waals surface area contributed by atoms with Crippen LogP contribution in [0.4, 0.5) is 0 Å². The molecule has 0 aromatic heterocycles. The van der Waals surface area contributed by atoms with Crippen molar-refractivity contribution in [2.24, 2.45) is 5.92 Å². The first-order valence-corrected chi connectivity index (χ1v) is 3.96. The monoisotopic (exact) mass is 145 g/mol. The molecule has 0 amide bonds. The van der Waals surface area contributed by atoms with Gasteiger partial charge in [-0.25, -0.2) is 0 Å². The lowest BCUT2D eigenvalue weighted by Crippen LogP contribution is -1.86. The van der Waals surface area contributed by atoms with Gasteiger partial charge in [0, 0.05) is 6.92 Å². The smallest absolute Gasteiger partial charge is 0.177 e. The predicted molar refractivity (Wildman–Crippen MR) is 44.1 cm³/mol. The molecule has 0 unspecified atom stereocenters. The van der Waals surface area contributed by atoms with Gasteiger partial charge in [-0.1, -0.05) is 13.8 Å². The first-order chi connectivity index (χ1) is 4.13. The minimum absolute atomic E-state index is 0.177. The summed E-state index contributed by atoms with van der Waals surface area (Å²) in [5.74, 6) is 0.622. The Labute approximate surface area is 60.4 Å². The number of carbonyl (C=O) groups is 1. The number of thiol groups is 1. The number of carbonyl (C=O) groups excluding carboxylic acids is 1. The van der Waals surface area contributed by atoms with Crippen molar-refractivity contribution < 1.29 is 4.79 Å². The fraction of sp³-hybridized carbons (Fsp3) is 0.714. The van der Waals surface area contributed by atoms with E-state index in [1.807, 2.05) is 0 Å². The van der Waals surface area contributed by atoms with Crippen LogP contribution in [-0.2, 0) is 4.79 Å². The fourth-order valence-corrected chi connectivity index (χ4v) is 1.02. The topological polar surface area (TPSA) is 17.1 Å². The van der Waals surface area contributed by atoms with Crippen molar-refractivity contribution >= 4 is 21.8 Å². The molecule has 0 fully saturated rings. The highest BCUT2D eigenvalue weighted by atomic mass is 32.1. The maximum Gasteiger partial charge on any atom is 0.177 e. The van der Waals surface area contributed by atoms with Crippen LogP contribution < -0.4 is 0 Å². The van der Waals surface area contributed by atoms with Gasteiger partial charge in [0.1, 0.15) is 0 Å². The lowest BCUT2D eigenvalue weighted by atomic mass is 10.2. The van der Waals surface area contributed by atoms with E-state index in [2.05, 4.69) is 19.2 Å². The van der Waals surface area contributed by atoms with Crippen LogP contribution in [0, 0.1) is 5.92 Å². The molecule has 1 nitrogen and oxygen atoms in total. The molecule has 1 radical (unpaired) electrons. The van der Waals surface area contributed by atoms with Crippen LogP contribution in [0.15, 0.2) is 0 Å². The highest BCUT2D eigenvalue weighted by molar-refractivity contribution is 8.11. The third kappa shape index (κ3) is 7.89. The Balaban J connectivity index is 3.36. The minimum Gasteiger partial charge on any atom is -0.288 e. The van der Waals surface area contributed by atoms with E-state index in [4.69, 9.17) is 0 Å². The maximum atomic E-state index is 10.4. The van der Waals surface area contributed by atoms with Gasteiger partial charge in [-0.15, -0.1) is 11.4 Å². The van der Waals surface area contributed by atoms with Gasteiger partial charge in [0.2, 0.25) is 0 Å². The molecule has 0 aliphatic carbocycles. The molecular formula is C7H13OS. The second-order valence-corrected chi connectivity index (χ2v) is 3.56. The van der Waals surface area contributed by atoms with E-state index in [9.17, 15) is 4.79 Å². The minimum atomic E-state index is 0.177. The Morgan fingerprint density at radius 2 is 2.22 bits per heavy atom. The molecule has 0 saturated heterocycles. The molecule has 0 saturated carbocycles. The zero-order chi connectivity index (χ0) is 7.28. The zero-order valence-corrected chi connectivity index (χ0v) is 7.03. The van der Waals surface area contributed by atoms with E-state index in [1.54, 1.807) is 6.92 Å². The Kier molecular flexibility index (Phi) is 4.68. The lowest BCUT2D eigenvalue weighted by molar-refractivity contribution is -0.109. The van der Waals surface area contributed by atoms with Crippen molar-refractivity contribution in [3.63, 3.8) is 0 Å². The summed E-state index contributed by atoms with van der Waals surface area (Å²) in [6.07, 6.45) is 0.918. The molecule has 0 spiro atoms. The normalized spacial score (nSPS) is 12.0. The van der Waals surface area contributed by atoms with Gasteiger partial charge in [-0.2, -0.15) is 0 Å². The molecular weight excluding hydrogens is 132 g/mol. The Morgan fingerprint density at radius 1 is 1.67 bits per heavy atom. The Morgan fingerprint density at radius 3 is 2.56 bits per heavy atom. The van der Waals surface area contributed by atoms with Crippen molar-refractivity contribution in [1.82, 2.24) is 0 Å². The van der Waals surface area contributed by atoms with Gasteiger partial charge in [0.25, 0.3) is 0 Å². The highest BCUT2D eigenvalue weighted by Crippen LogP contribution is 1.97. The van der Waals surface area contributed by atoms with Gasteiger partial charge < -0.3 is 0 Å². The summed E-state index contributed by atoms with van der Waals surface area (Å²) in [6, 6.07) is 0. The summed E-state index contributed by atoms with van der Waals surface area (Å²) >= 11 is 0.732. The molecule has 0 aromatic carbocycles. The summed E-state index contributed by atoms with van der Waals surface area (Å²) in [5, 5.41) is 3.18. The van der Waals surface area contributed by atoms with E-state index in [1.165, 1.54) is 0 Å². The standard InChI is InChI=1S/C7H13OS/c1-6(2)4-5-9-7(3)8/h6,9H,4H2,1-3H3. The fourth-order valence-electron chi connectivity index (χ4n) is 0.340. The Bertz CT molecular complexity index is 116. The average Bonchev–Trinajstić information content (AvgIpc) is 1.63. The van der Waals surface area contributed by atoms with Crippen LogP contribution in [0.2, 0.25) is 0 Å². The quantitative estimate of drug-likeness (QED) is 0.462. The number of hydrogen-bond acceptors (Lipinski definition) is 1. The molecule has 0 N–H and O–H groups in total. The van der Waals surface area contributed by atoms with Crippen LogP contribution >= 0.6 is 11.4 Å². The van der Waals surface area contributed by atoms with Crippen molar-refractivity contribution in [1.29, 1.82) is 0 Å². The third-order valence-corrected chi connectivity index (χ3v) is 1.39.